The van der Waals surface area contributed by atoms with Gasteiger partial charge < -0.3 is 10.4 Å². The van der Waals surface area contributed by atoms with Crippen LogP contribution in [0, 0.1) is 5.92 Å². The molecule has 2 rings (SSSR count). The van der Waals surface area contributed by atoms with Gasteiger partial charge in [-0.25, -0.2) is 0 Å². The average Bonchev–Trinajstić information content (AvgIpc) is 2.37. The van der Waals surface area contributed by atoms with Crippen molar-refractivity contribution in [2.24, 2.45) is 5.92 Å². The van der Waals surface area contributed by atoms with Gasteiger partial charge in [0.1, 0.15) is 0 Å². The Kier molecular flexibility index (Phi) is 5.78. The highest BCUT2D eigenvalue weighted by molar-refractivity contribution is 5.92. The van der Waals surface area contributed by atoms with E-state index < -0.39 is 5.97 Å². The van der Waals surface area contributed by atoms with Crippen molar-refractivity contribution in [3.8, 4) is 0 Å². The van der Waals surface area contributed by atoms with Crippen LogP contribution in [0.2, 0.25) is 0 Å². The summed E-state index contributed by atoms with van der Waals surface area (Å²) < 4.78 is 0. The second-order valence-electron chi connectivity index (χ2n) is 5.80. The van der Waals surface area contributed by atoms with E-state index in [0.717, 1.165) is 25.7 Å². The van der Waals surface area contributed by atoms with Crippen molar-refractivity contribution in [2.45, 2.75) is 51.4 Å². The molecule has 4 heteroatoms. The number of carboxylic acid groups (broad SMARTS) is 1. The van der Waals surface area contributed by atoms with Gasteiger partial charge in [0.25, 0.3) is 0 Å². The number of carboxylic acids is 1. The molecule has 1 amide bonds. The Morgan fingerprint density at radius 3 is 2.43 bits per heavy atom. The summed E-state index contributed by atoms with van der Waals surface area (Å²) in [6, 6.07) is 7.10. The van der Waals surface area contributed by atoms with E-state index in [-0.39, 0.29) is 18.2 Å². The van der Waals surface area contributed by atoms with E-state index >= 15 is 0 Å². The molecule has 1 aliphatic carbocycles. The number of carbonyl (C=O) groups excluding carboxylic acids is 1. The fraction of sp³-hybridized carbons (Fsp3) is 0.529. The maximum absolute atomic E-state index is 12.3. The van der Waals surface area contributed by atoms with E-state index in [1.165, 1.54) is 19.3 Å². The van der Waals surface area contributed by atoms with E-state index in [2.05, 4.69) is 5.32 Å². The fourth-order valence-electron chi connectivity index (χ4n) is 2.90. The van der Waals surface area contributed by atoms with Crippen LogP contribution in [0.4, 0.5) is 5.69 Å². The quantitative estimate of drug-likeness (QED) is 0.889. The minimum absolute atomic E-state index is 0.0207. The van der Waals surface area contributed by atoms with Gasteiger partial charge in [-0.05, 0) is 30.5 Å². The Labute approximate surface area is 125 Å². The Balaban J connectivity index is 1.96. The lowest BCUT2D eigenvalue weighted by molar-refractivity contribution is -0.136. The highest BCUT2D eigenvalue weighted by Crippen LogP contribution is 2.24. The standard InChI is InChI=1S/C17H23NO3/c19-16(20)12-13-7-6-10-15(11-13)18-17(21)14-8-4-2-1-3-5-9-14/h6-7,10-11,14H,1-5,8-9,12H2,(H,18,21)(H,19,20). The summed E-state index contributed by atoms with van der Waals surface area (Å²) in [6.45, 7) is 0. The predicted octanol–water partition coefficient (Wildman–Crippen LogP) is 3.61. The molecule has 114 valence electrons. The highest BCUT2D eigenvalue weighted by atomic mass is 16.4. The number of rotatable bonds is 4. The lowest BCUT2D eigenvalue weighted by Gasteiger charge is -2.19. The molecule has 0 atom stereocenters. The van der Waals surface area contributed by atoms with Gasteiger partial charge in [0.15, 0.2) is 0 Å². The molecule has 0 aromatic heterocycles. The van der Waals surface area contributed by atoms with Gasteiger partial charge in [-0.2, -0.15) is 0 Å². The highest BCUT2D eigenvalue weighted by Gasteiger charge is 2.19. The van der Waals surface area contributed by atoms with Gasteiger partial charge in [-0.3, -0.25) is 9.59 Å². The SMILES string of the molecule is O=C(O)Cc1cccc(NC(=O)C2CCCCCCC2)c1. The molecule has 0 saturated heterocycles. The van der Waals surface area contributed by atoms with Crippen molar-refractivity contribution in [2.75, 3.05) is 5.32 Å². The van der Waals surface area contributed by atoms with Crippen LogP contribution in [0.25, 0.3) is 0 Å². The number of hydrogen-bond donors (Lipinski definition) is 2. The summed E-state index contributed by atoms with van der Waals surface area (Å²) in [5, 5.41) is 11.8. The Hall–Kier alpha value is -1.84. The first kappa shape index (κ1) is 15.5. The van der Waals surface area contributed by atoms with Crippen LogP contribution < -0.4 is 5.32 Å². The number of aliphatic carboxylic acids is 1. The number of anilines is 1. The molecule has 0 heterocycles. The smallest absolute Gasteiger partial charge is 0.307 e. The van der Waals surface area contributed by atoms with E-state index in [1.54, 1.807) is 18.2 Å². The van der Waals surface area contributed by atoms with Crippen LogP contribution in [0.5, 0.6) is 0 Å². The number of amides is 1. The molecular formula is C17H23NO3. The second-order valence-corrected chi connectivity index (χ2v) is 5.80. The zero-order chi connectivity index (χ0) is 15.1. The zero-order valence-electron chi connectivity index (χ0n) is 12.3. The molecule has 1 fully saturated rings. The Bertz CT molecular complexity index is 491. The van der Waals surface area contributed by atoms with Gasteiger partial charge >= 0.3 is 5.97 Å². The molecule has 1 aliphatic rings. The van der Waals surface area contributed by atoms with Crippen LogP contribution >= 0.6 is 0 Å². The lowest BCUT2D eigenvalue weighted by atomic mass is 9.90. The number of nitrogens with one attached hydrogen (secondary N) is 1. The summed E-state index contributed by atoms with van der Waals surface area (Å²) in [6.07, 6.45) is 7.87. The summed E-state index contributed by atoms with van der Waals surface area (Å²) in [7, 11) is 0. The zero-order valence-corrected chi connectivity index (χ0v) is 12.3. The Morgan fingerprint density at radius 2 is 1.76 bits per heavy atom. The summed E-state index contributed by atoms with van der Waals surface area (Å²) in [4.78, 5) is 23.1. The van der Waals surface area contributed by atoms with E-state index in [0.29, 0.717) is 11.3 Å². The molecule has 0 bridgehead atoms. The van der Waals surface area contributed by atoms with Gasteiger partial charge in [0, 0.05) is 11.6 Å². The molecule has 0 spiro atoms. The van der Waals surface area contributed by atoms with Gasteiger partial charge in [0.05, 0.1) is 6.42 Å². The topological polar surface area (TPSA) is 66.4 Å². The van der Waals surface area contributed by atoms with Crippen LogP contribution in [0.1, 0.15) is 50.5 Å². The molecule has 0 aliphatic heterocycles. The first-order valence-corrected chi connectivity index (χ1v) is 7.77. The van der Waals surface area contributed by atoms with Crippen molar-refractivity contribution in [1.29, 1.82) is 0 Å². The monoisotopic (exact) mass is 289 g/mol. The third-order valence-corrected chi connectivity index (χ3v) is 4.03. The van der Waals surface area contributed by atoms with Gasteiger partial charge in [0.2, 0.25) is 5.91 Å². The third kappa shape index (κ3) is 5.21. The van der Waals surface area contributed by atoms with Crippen molar-refractivity contribution in [1.82, 2.24) is 0 Å². The maximum Gasteiger partial charge on any atom is 0.307 e. The minimum Gasteiger partial charge on any atom is -0.481 e. The molecule has 0 radical (unpaired) electrons. The fourth-order valence-corrected chi connectivity index (χ4v) is 2.90. The molecule has 21 heavy (non-hydrogen) atoms. The van der Waals surface area contributed by atoms with Crippen molar-refractivity contribution in [3.63, 3.8) is 0 Å². The van der Waals surface area contributed by atoms with Crippen molar-refractivity contribution >= 4 is 17.6 Å². The van der Waals surface area contributed by atoms with Crippen LogP contribution in [-0.2, 0) is 16.0 Å². The summed E-state index contributed by atoms with van der Waals surface area (Å²) >= 11 is 0. The predicted molar refractivity (Wildman–Crippen MR) is 82.2 cm³/mol. The summed E-state index contributed by atoms with van der Waals surface area (Å²) in [5.41, 5.74) is 1.40. The van der Waals surface area contributed by atoms with E-state index in [4.69, 9.17) is 5.11 Å². The van der Waals surface area contributed by atoms with Crippen molar-refractivity contribution < 1.29 is 14.7 Å². The van der Waals surface area contributed by atoms with Gasteiger partial charge in [-0.15, -0.1) is 0 Å². The molecule has 2 N–H and O–H groups in total. The van der Waals surface area contributed by atoms with Crippen LogP contribution in [-0.4, -0.2) is 17.0 Å². The first-order chi connectivity index (χ1) is 10.1. The lowest BCUT2D eigenvalue weighted by Crippen LogP contribution is -2.23. The third-order valence-electron chi connectivity index (χ3n) is 4.03. The first-order valence-electron chi connectivity index (χ1n) is 7.77. The Morgan fingerprint density at radius 1 is 1.10 bits per heavy atom. The van der Waals surface area contributed by atoms with Crippen molar-refractivity contribution in [3.05, 3.63) is 29.8 Å². The molecule has 4 nitrogen and oxygen atoms in total. The van der Waals surface area contributed by atoms with E-state index in [1.807, 2.05) is 6.07 Å². The summed E-state index contributed by atoms with van der Waals surface area (Å²) in [5.74, 6) is -0.698. The molecule has 0 unspecified atom stereocenters. The van der Waals surface area contributed by atoms with Crippen LogP contribution in [0.3, 0.4) is 0 Å². The maximum atomic E-state index is 12.3. The number of hydrogen-bond acceptors (Lipinski definition) is 2. The largest absolute Gasteiger partial charge is 0.481 e. The normalized spacial score (nSPS) is 16.8. The van der Waals surface area contributed by atoms with E-state index in [9.17, 15) is 9.59 Å². The molecular weight excluding hydrogens is 266 g/mol. The number of benzene rings is 1. The number of carbonyl (C=O) groups is 2. The second kappa shape index (κ2) is 7.81. The van der Waals surface area contributed by atoms with Gasteiger partial charge in [-0.1, -0.05) is 44.2 Å². The molecule has 1 saturated carbocycles. The minimum atomic E-state index is -0.863. The van der Waals surface area contributed by atoms with Crippen LogP contribution in [0.15, 0.2) is 24.3 Å². The molecule has 1 aromatic rings. The molecule has 1 aromatic carbocycles. The average molecular weight is 289 g/mol.